The van der Waals surface area contributed by atoms with Gasteiger partial charge in [-0.2, -0.15) is 0 Å². The molecule has 46 heavy (non-hydrogen) atoms. The lowest BCUT2D eigenvalue weighted by molar-refractivity contribution is 0.604. The second kappa shape index (κ2) is 11.0. The van der Waals surface area contributed by atoms with Crippen LogP contribution in [0.4, 0.5) is 0 Å². The van der Waals surface area contributed by atoms with Crippen LogP contribution in [0.15, 0.2) is 132 Å². The Bertz CT molecular complexity index is 2500. The van der Waals surface area contributed by atoms with Crippen LogP contribution in [0, 0.1) is 6.92 Å². The van der Waals surface area contributed by atoms with Crippen molar-refractivity contribution in [1.29, 1.82) is 0 Å². The highest BCUT2D eigenvalue weighted by atomic mass is 16.3. The largest absolute Gasteiger partial charge is 0.456 e. The molecule has 3 nitrogen and oxygen atoms in total. The van der Waals surface area contributed by atoms with Gasteiger partial charge in [0.25, 0.3) is 0 Å². The molecule has 3 aromatic heterocycles. The van der Waals surface area contributed by atoms with E-state index in [-0.39, 0.29) is 0 Å². The lowest BCUT2D eigenvalue weighted by Crippen LogP contribution is -1.96. The molecular formula is C43H34N2O. The van der Waals surface area contributed by atoms with Gasteiger partial charge >= 0.3 is 0 Å². The average Bonchev–Trinajstić information content (AvgIpc) is 3.72. The lowest BCUT2D eigenvalue weighted by Gasteiger charge is -2.10. The molecule has 3 heteroatoms. The predicted molar refractivity (Wildman–Crippen MR) is 197 cm³/mol. The SMILES string of the molecule is C=Cc1c(/C=C\C)c2cc(-c3ccc4c(c3)c3c5oc(/C=C\C)c(C)c5ccc3n4-c3ccccc3)ccc2n1-c1ccccc1. The fourth-order valence-electron chi connectivity index (χ4n) is 7.06. The van der Waals surface area contributed by atoms with E-state index in [1.807, 2.05) is 19.1 Å². The highest BCUT2D eigenvalue weighted by Crippen LogP contribution is 2.42. The number of rotatable bonds is 6. The standard InChI is InChI=1S/C43H34N2O/c1-5-14-34-35-26-29(20-23-38(35)44(37(34)7-3)31-16-10-8-11-17-31)30-21-24-39-36(27-30)42-40(45(39)32-18-12-9-13-19-32)25-22-33-28(4)41(15-6-2)46-43(33)42/h5-27H,3H2,1-2,4H3/b14-5-,15-6-. The van der Waals surface area contributed by atoms with Crippen molar-refractivity contribution in [3.8, 4) is 22.5 Å². The van der Waals surface area contributed by atoms with E-state index in [9.17, 15) is 0 Å². The molecule has 3 heterocycles. The maximum Gasteiger partial charge on any atom is 0.145 e. The molecular weight excluding hydrogens is 560 g/mol. The highest BCUT2D eigenvalue weighted by Gasteiger charge is 2.21. The van der Waals surface area contributed by atoms with Gasteiger partial charge in [-0.05, 0) is 105 Å². The number of hydrogen-bond acceptors (Lipinski definition) is 1. The van der Waals surface area contributed by atoms with E-state index >= 15 is 0 Å². The molecule has 0 fully saturated rings. The molecule has 0 unspecified atom stereocenters. The van der Waals surface area contributed by atoms with E-state index < -0.39 is 0 Å². The van der Waals surface area contributed by atoms with Crippen LogP contribution >= 0.6 is 0 Å². The number of nitrogens with zero attached hydrogens (tertiary/aromatic N) is 2. The normalized spacial score (nSPS) is 12.2. The van der Waals surface area contributed by atoms with Gasteiger partial charge in [-0.25, -0.2) is 0 Å². The first-order valence-electron chi connectivity index (χ1n) is 15.8. The lowest BCUT2D eigenvalue weighted by atomic mass is 9.99. The predicted octanol–water partition coefficient (Wildman–Crippen LogP) is 12.2. The maximum absolute atomic E-state index is 6.61. The van der Waals surface area contributed by atoms with Gasteiger partial charge in [0.15, 0.2) is 0 Å². The molecule has 0 aliphatic rings. The van der Waals surface area contributed by atoms with Crippen LogP contribution in [-0.4, -0.2) is 9.13 Å². The number of para-hydroxylation sites is 2. The van der Waals surface area contributed by atoms with Crippen LogP contribution in [0.2, 0.25) is 0 Å². The summed E-state index contributed by atoms with van der Waals surface area (Å²) in [6.45, 7) is 10.4. The highest BCUT2D eigenvalue weighted by molar-refractivity contribution is 6.21. The first-order chi connectivity index (χ1) is 22.6. The van der Waals surface area contributed by atoms with Crippen LogP contribution in [0.25, 0.3) is 84.4 Å². The topological polar surface area (TPSA) is 23.0 Å². The molecule has 0 saturated heterocycles. The van der Waals surface area contributed by atoms with E-state index in [0.29, 0.717) is 0 Å². The zero-order valence-electron chi connectivity index (χ0n) is 26.3. The number of allylic oxidation sites excluding steroid dienone is 2. The molecule has 0 radical (unpaired) electrons. The second-order valence-corrected chi connectivity index (χ2v) is 11.7. The number of aromatic nitrogens is 2. The summed E-state index contributed by atoms with van der Waals surface area (Å²) in [6, 6.07) is 39.2. The first-order valence-corrected chi connectivity index (χ1v) is 15.8. The molecule has 0 bridgehead atoms. The van der Waals surface area contributed by atoms with E-state index in [4.69, 9.17) is 4.42 Å². The Morgan fingerprint density at radius 2 is 1.20 bits per heavy atom. The molecule has 0 N–H and O–H groups in total. The molecule has 0 spiro atoms. The molecule has 0 atom stereocenters. The minimum atomic E-state index is 0.907. The molecule has 8 rings (SSSR count). The van der Waals surface area contributed by atoms with Gasteiger partial charge in [0.2, 0.25) is 0 Å². The summed E-state index contributed by atoms with van der Waals surface area (Å²) >= 11 is 0. The first kappa shape index (κ1) is 27.7. The van der Waals surface area contributed by atoms with Crippen LogP contribution in [0.1, 0.15) is 36.4 Å². The Hall–Kier alpha value is -5.80. The van der Waals surface area contributed by atoms with Gasteiger partial charge in [-0.3, -0.25) is 0 Å². The van der Waals surface area contributed by atoms with Crippen molar-refractivity contribution in [1.82, 2.24) is 9.13 Å². The molecule has 222 valence electrons. The van der Waals surface area contributed by atoms with Gasteiger partial charge in [0.05, 0.1) is 27.6 Å². The zero-order valence-corrected chi connectivity index (χ0v) is 26.3. The third-order valence-corrected chi connectivity index (χ3v) is 9.12. The summed E-state index contributed by atoms with van der Waals surface area (Å²) in [5, 5.41) is 4.65. The van der Waals surface area contributed by atoms with Crippen molar-refractivity contribution in [2.45, 2.75) is 20.8 Å². The van der Waals surface area contributed by atoms with Gasteiger partial charge in [-0.15, -0.1) is 0 Å². The van der Waals surface area contributed by atoms with Crippen molar-refractivity contribution in [2.24, 2.45) is 0 Å². The molecule has 0 aliphatic carbocycles. The van der Waals surface area contributed by atoms with Crippen LogP contribution in [0.3, 0.4) is 0 Å². The summed E-state index contributed by atoms with van der Waals surface area (Å²) in [4.78, 5) is 0. The van der Waals surface area contributed by atoms with Crippen molar-refractivity contribution >= 4 is 61.9 Å². The Morgan fingerprint density at radius 1 is 0.609 bits per heavy atom. The molecule has 0 amide bonds. The van der Waals surface area contributed by atoms with E-state index in [0.717, 1.165) is 66.9 Å². The minimum Gasteiger partial charge on any atom is -0.456 e. The van der Waals surface area contributed by atoms with Crippen LogP contribution in [-0.2, 0) is 0 Å². The number of aryl methyl sites for hydroxylation is 1. The van der Waals surface area contributed by atoms with E-state index in [1.165, 1.54) is 21.9 Å². The monoisotopic (exact) mass is 594 g/mol. The number of benzene rings is 5. The van der Waals surface area contributed by atoms with Gasteiger partial charge in [0.1, 0.15) is 11.3 Å². The average molecular weight is 595 g/mol. The fourth-order valence-corrected chi connectivity index (χ4v) is 7.06. The number of fused-ring (bicyclic) bond motifs is 6. The summed E-state index contributed by atoms with van der Waals surface area (Å²) in [7, 11) is 0. The van der Waals surface area contributed by atoms with Crippen LogP contribution < -0.4 is 0 Å². The summed E-state index contributed by atoms with van der Waals surface area (Å²) in [5.74, 6) is 0.907. The molecule has 0 aliphatic heterocycles. The quantitative estimate of drug-likeness (QED) is 0.188. The fraction of sp³-hybridized carbons (Fsp3) is 0.0698. The van der Waals surface area contributed by atoms with E-state index in [2.05, 4.69) is 157 Å². The van der Waals surface area contributed by atoms with Crippen LogP contribution in [0.5, 0.6) is 0 Å². The van der Waals surface area contributed by atoms with Crippen molar-refractivity contribution in [2.75, 3.05) is 0 Å². The summed E-state index contributed by atoms with van der Waals surface area (Å²) < 4.78 is 11.3. The minimum absolute atomic E-state index is 0.907. The Labute approximate surface area is 268 Å². The van der Waals surface area contributed by atoms with Crippen molar-refractivity contribution in [3.63, 3.8) is 0 Å². The summed E-state index contributed by atoms with van der Waals surface area (Å²) in [5.41, 5.74) is 12.4. The summed E-state index contributed by atoms with van der Waals surface area (Å²) in [6.07, 6.45) is 10.4. The second-order valence-electron chi connectivity index (χ2n) is 11.7. The third-order valence-electron chi connectivity index (χ3n) is 9.12. The van der Waals surface area contributed by atoms with Gasteiger partial charge in [0, 0.05) is 38.7 Å². The smallest absolute Gasteiger partial charge is 0.145 e. The van der Waals surface area contributed by atoms with E-state index in [1.54, 1.807) is 0 Å². The number of hydrogen-bond donors (Lipinski definition) is 0. The Balaban J connectivity index is 1.42. The maximum atomic E-state index is 6.61. The third kappa shape index (κ3) is 4.13. The van der Waals surface area contributed by atoms with Crippen molar-refractivity contribution < 1.29 is 4.42 Å². The van der Waals surface area contributed by atoms with Gasteiger partial charge < -0.3 is 13.6 Å². The number of furan rings is 1. The Morgan fingerprint density at radius 3 is 1.83 bits per heavy atom. The molecule has 5 aromatic carbocycles. The molecule has 8 aromatic rings. The van der Waals surface area contributed by atoms with Crippen molar-refractivity contribution in [3.05, 3.63) is 151 Å². The zero-order chi connectivity index (χ0) is 31.4. The molecule has 0 saturated carbocycles. The Kier molecular flexibility index (Phi) is 6.61. The van der Waals surface area contributed by atoms with Gasteiger partial charge in [-0.1, -0.05) is 73.3 Å².